The number of amides is 1. The van der Waals surface area contributed by atoms with Gasteiger partial charge in [-0.3, -0.25) is 4.79 Å². The second-order valence-electron chi connectivity index (χ2n) is 8.54. The molecular weight excluding hydrogens is 500 g/mol. The minimum atomic E-state index is -4.38. The molecule has 0 aliphatic carbocycles. The van der Waals surface area contributed by atoms with Crippen LogP contribution in [0.25, 0.3) is 10.8 Å². The summed E-state index contributed by atoms with van der Waals surface area (Å²) >= 11 is 0. The molecule has 12 nitrogen and oxygen atoms in total. The van der Waals surface area contributed by atoms with Gasteiger partial charge in [0.25, 0.3) is 5.91 Å². The molecule has 2 heterocycles. The Morgan fingerprint density at radius 1 is 1.11 bits per heavy atom. The SMILES string of the molecule is O=C(NC(CCCCCNc1ncc[nH]1)(NS(=O)(=O)c1cccc2ccccc12)C(=O)O)C1=NOCC1. The van der Waals surface area contributed by atoms with Gasteiger partial charge in [-0.25, -0.2) is 18.2 Å². The predicted molar refractivity (Wildman–Crippen MR) is 136 cm³/mol. The van der Waals surface area contributed by atoms with Crippen molar-refractivity contribution in [3.8, 4) is 0 Å². The van der Waals surface area contributed by atoms with Gasteiger partial charge in [-0.1, -0.05) is 48.0 Å². The Hall–Kier alpha value is -3.97. The number of hydrogen-bond acceptors (Lipinski definition) is 8. The molecule has 0 saturated heterocycles. The highest BCUT2D eigenvalue weighted by Gasteiger charge is 2.45. The first-order chi connectivity index (χ1) is 17.8. The molecule has 5 N–H and O–H groups in total. The van der Waals surface area contributed by atoms with Crippen molar-refractivity contribution in [1.82, 2.24) is 20.0 Å². The number of carbonyl (C=O) groups is 2. The molecule has 0 spiro atoms. The molecule has 37 heavy (non-hydrogen) atoms. The number of fused-ring (bicyclic) bond motifs is 1. The molecule has 0 radical (unpaired) electrons. The van der Waals surface area contributed by atoms with E-state index in [1.165, 1.54) is 6.07 Å². The number of imidazole rings is 1. The molecule has 196 valence electrons. The van der Waals surface area contributed by atoms with E-state index in [-0.39, 0.29) is 30.1 Å². The van der Waals surface area contributed by atoms with Gasteiger partial charge in [0.05, 0.1) is 4.90 Å². The lowest BCUT2D eigenvalue weighted by atomic mass is 10.0. The fourth-order valence-electron chi connectivity index (χ4n) is 4.05. The average Bonchev–Trinajstić information content (AvgIpc) is 3.60. The lowest BCUT2D eigenvalue weighted by Crippen LogP contribution is -2.66. The van der Waals surface area contributed by atoms with Gasteiger partial charge in [-0.05, 0) is 30.7 Å². The summed E-state index contributed by atoms with van der Waals surface area (Å²) in [6.45, 7) is 0.767. The molecule has 1 atom stereocenters. The van der Waals surface area contributed by atoms with Gasteiger partial charge in [0.2, 0.25) is 15.7 Å². The largest absolute Gasteiger partial charge is 0.478 e. The Morgan fingerprint density at radius 3 is 2.65 bits per heavy atom. The molecule has 3 aromatic rings. The van der Waals surface area contributed by atoms with E-state index < -0.39 is 27.6 Å². The predicted octanol–water partition coefficient (Wildman–Crippen LogP) is 2.19. The van der Waals surface area contributed by atoms with Crippen LogP contribution < -0.4 is 15.4 Å². The van der Waals surface area contributed by atoms with Crippen molar-refractivity contribution in [2.75, 3.05) is 18.5 Å². The van der Waals surface area contributed by atoms with Crippen molar-refractivity contribution >= 4 is 44.3 Å². The molecule has 1 amide bonds. The van der Waals surface area contributed by atoms with E-state index >= 15 is 0 Å². The number of carboxylic acids is 1. The third-order valence-electron chi connectivity index (χ3n) is 5.93. The Kier molecular flexibility index (Phi) is 8.04. The van der Waals surface area contributed by atoms with Gasteiger partial charge in [0.1, 0.15) is 12.3 Å². The summed E-state index contributed by atoms with van der Waals surface area (Å²) in [7, 11) is -4.38. The molecule has 13 heteroatoms. The van der Waals surface area contributed by atoms with Crippen LogP contribution in [0, 0.1) is 0 Å². The summed E-state index contributed by atoms with van der Waals surface area (Å²) in [5.74, 6) is -1.72. The maximum atomic E-state index is 13.5. The first-order valence-corrected chi connectivity index (χ1v) is 13.3. The average molecular weight is 529 g/mol. The van der Waals surface area contributed by atoms with E-state index in [1.54, 1.807) is 48.8 Å². The molecule has 1 aliphatic heterocycles. The number of oxime groups is 1. The highest BCUT2D eigenvalue weighted by molar-refractivity contribution is 7.89. The summed E-state index contributed by atoms with van der Waals surface area (Å²) in [5.41, 5.74) is -2.30. The van der Waals surface area contributed by atoms with Crippen LogP contribution >= 0.6 is 0 Å². The van der Waals surface area contributed by atoms with Gasteiger partial charge in [-0.15, -0.1) is 0 Å². The fraction of sp³-hybridized carbons (Fsp3) is 0.333. The lowest BCUT2D eigenvalue weighted by Gasteiger charge is -2.31. The highest BCUT2D eigenvalue weighted by Crippen LogP contribution is 2.25. The topological polar surface area (TPSA) is 175 Å². The standard InChI is InChI=1S/C24H28N6O6S/c31-21(19-11-16-36-29-19)28-24(22(32)33,12-4-1-5-13-25-23-26-14-15-27-23)30-37(34,35)20-10-6-8-17-7-2-3-9-18(17)20/h2-3,6-10,14-15,30H,1,4-5,11-13,16H2,(H,28,31)(H,32,33)(H2,25,26,27). The molecule has 0 fully saturated rings. The monoisotopic (exact) mass is 528 g/mol. The number of nitrogens with one attached hydrogen (secondary N) is 4. The third-order valence-corrected chi connectivity index (χ3v) is 7.48. The quantitative estimate of drug-likeness (QED) is 0.166. The summed E-state index contributed by atoms with van der Waals surface area (Å²) in [5, 5.41) is 20.5. The van der Waals surface area contributed by atoms with Gasteiger partial charge in [0, 0.05) is 30.7 Å². The molecular formula is C24H28N6O6S. The molecule has 0 bridgehead atoms. The van der Waals surface area contributed by atoms with Crippen LogP contribution in [0.2, 0.25) is 0 Å². The van der Waals surface area contributed by atoms with Crippen LogP contribution in [0.4, 0.5) is 5.95 Å². The molecule has 1 aliphatic rings. The molecule has 1 unspecified atom stereocenters. The van der Waals surface area contributed by atoms with Gasteiger partial charge < -0.3 is 25.6 Å². The maximum absolute atomic E-state index is 13.5. The van der Waals surface area contributed by atoms with Crippen LogP contribution in [0.3, 0.4) is 0 Å². The number of rotatable bonds is 13. The molecule has 1 aromatic heterocycles. The van der Waals surface area contributed by atoms with Crippen LogP contribution in [-0.2, 0) is 24.4 Å². The number of carbonyl (C=O) groups excluding carboxylic acids is 1. The van der Waals surface area contributed by atoms with E-state index in [0.29, 0.717) is 42.5 Å². The van der Waals surface area contributed by atoms with Crippen molar-refractivity contribution in [1.29, 1.82) is 0 Å². The number of hydrogen-bond donors (Lipinski definition) is 5. The Bertz CT molecular complexity index is 1390. The van der Waals surface area contributed by atoms with Crippen LogP contribution in [0.5, 0.6) is 0 Å². The number of anilines is 1. The Labute approximate surface area is 213 Å². The molecule has 2 aromatic carbocycles. The number of nitrogens with zero attached hydrogens (tertiary/aromatic N) is 2. The van der Waals surface area contributed by atoms with Crippen molar-refractivity contribution in [2.24, 2.45) is 5.16 Å². The lowest BCUT2D eigenvalue weighted by molar-refractivity contribution is -0.148. The van der Waals surface area contributed by atoms with Crippen molar-refractivity contribution in [3.63, 3.8) is 0 Å². The smallest absolute Gasteiger partial charge is 0.345 e. The first-order valence-electron chi connectivity index (χ1n) is 11.8. The zero-order chi connectivity index (χ0) is 26.3. The second-order valence-corrected chi connectivity index (χ2v) is 10.2. The molecule has 4 rings (SSSR count). The zero-order valence-corrected chi connectivity index (χ0v) is 20.8. The number of carboxylic acid groups (broad SMARTS) is 1. The number of unbranched alkanes of at least 4 members (excludes halogenated alkanes) is 2. The van der Waals surface area contributed by atoms with E-state index in [0.717, 1.165) is 0 Å². The van der Waals surface area contributed by atoms with E-state index in [9.17, 15) is 23.1 Å². The number of H-pyrrole nitrogens is 1. The summed E-state index contributed by atoms with van der Waals surface area (Å²) < 4.78 is 29.4. The van der Waals surface area contributed by atoms with E-state index in [1.807, 2.05) is 0 Å². The summed E-state index contributed by atoms with van der Waals surface area (Å²) in [6.07, 6.45) is 4.86. The number of aliphatic carboxylic acids is 1. The summed E-state index contributed by atoms with van der Waals surface area (Å²) in [6, 6.07) is 11.6. The molecule has 0 saturated carbocycles. The van der Waals surface area contributed by atoms with E-state index in [4.69, 9.17) is 4.84 Å². The van der Waals surface area contributed by atoms with Gasteiger partial charge in [-0.2, -0.15) is 4.72 Å². The number of benzene rings is 2. The van der Waals surface area contributed by atoms with Crippen LogP contribution in [-0.4, -0.2) is 59.9 Å². The van der Waals surface area contributed by atoms with Crippen molar-refractivity contribution in [2.45, 2.75) is 42.7 Å². The second kappa shape index (κ2) is 11.4. The first kappa shape index (κ1) is 26.1. The minimum Gasteiger partial charge on any atom is -0.478 e. The Morgan fingerprint density at radius 2 is 1.92 bits per heavy atom. The zero-order valence-electron chi connectivity index (χ0n) is 19.9. The number of aromatic amines is 1. The van der Waals surface area contributed by atoms with Crippen molar-refractivity contribution < 1.29 is 28.0 Å². The Balaban J connectivity index is 1.55. The summed E-state index contributed by atoms with van der Waals surface area (Å²) in [4.78, 5) is 37.2. The van der Waals surface area contributed by atoms with E-state index in [2.05, 4.69) is 30.5 Å². The van der Waals surface area contributed by atoms with Crippen LogP contribution in [0.1, 0.15) is 32.1 Å². The highest BCUT2D eigenvalue weighted by atomic mass is 32.2. The number of aromatic nitrogens is 2. The fourth-order valence-corrected chi connectivity index (χ4v) is 5.59. The minimum absolute atomic E-state index is 0.00219. The number of sulfonamides is 1. The maximum Gasteiger partial charge on any atom is 0.345 e. The third kappa shape index (κ3) is 6.24. The van der Waals surface area contributed by atoms with Gasteiger partial charge in [0.15, 0.2) is 5.95 Å². The van der Waals surface area contributed by atoms with Gasteiger partial charge >= 0.3 is 5.97 Å². The normalized spacial score (nSPS) is 15.0. The van der Waals surface area contributed by atoms with Crippen molar-refractivity contribution in [3.05, 3.63) is 54.9 Å². The van der Waals surface area contributed by atoms with Crippen LogP contribution in [0.15, 0.2) is 64.9 Å².